The predicted molar refractivity (Wildman–Crippen MR) is 45.3 cm³/mol. The van der Waals surface area contributed by atoms with Crippen molar-refractivity contribution < 1.29 is 9.84 Å². The minimum absolute atomic E-state index is 0.0232. The van der Waals surface area contributed by atoms with Crippen LogP contribution in [0.1, 0.15) is 20.3 Å². The number of aliphatic hydroxyl groups excluding tert-OH is 1. The highest BCUT2D eigenvalue weighted by molar-refractivity contribution is 4.70. The molecule has 3 heteroatoms. The standard InChI is InChI=1S/C8H19NO2/c1-3-7(5-10)8(9)6-11-4-2/h7-8,10H,3-6,9H2,1-2H3. The minimum Gasteiger partial charge on any atom is -0.396 e. The maximum atomic E-state index is 8.86. The first-order valence-electron chi connectivity index (χ1n) is 4.20. The quantitative estimate of drug-likeness (QED) is 0.591. The number of ether oxygens (including phenoxy) is 1. The number of nitrogens with two attached hydrogens (primary N) is 1. The molecule has 0 aromatic rings. The van der Waals surface area contributed by atoms with E-state index in [1.165, 1.54) is 0 Å². The van der Waals surface area contributed by atoms with Crippen LogP contribution in [-0.4, -0.2) is 31.0 Å². The van der Waals surface area contributed by atoms with Gasteiger partial charge in [-0.15, -0.1) is 0 Å². The summed E-state index contributed by atoms with van der Waals surface area (Å²) in [6.07, 6.45) is 0.907. The highest BCUT2D eigenvalue weighted by Crippen LogP contribution is 2.05. The average molecular weight is 161 g/mol. The monoisotopic (exact) mass is 161 g/mol. The molecule has 0 aromatic heterocycles. The largest absolute Gasteiger partial charge is 0.396 e. The number of hydrogen-bond donors (Lipinski definition) is 2. The molecule has 0 saturated heterocycles. The zero-order chi connectivity index (χ0) is 8.69. The van der Waals surface area contributed by atoms with Crippen LogP contribution in [0, 0.1) is 5.92 Å². The fraction of sp³-hybridized carbons (Fsp3) is 1.00. The van der Waals surface area contributed by atoms with Crippen LogP contribution in [0.2, 0.25) is 0 Å². The summed E-state index contributed by atoms with van der Waals surface area (Å²) in [7, 11) is 0. The van der Waals surface area contributed by atoms with Crippen LogP contribution in [0.4, 0.5) is 0 Å². The zero-order valence-corrected chi connectivity index (χ0v) is 7.42. The highest BCUT2D eigenvalue weighted by atomic mass is 16.5. The first kappa shape index (κ1) is 10.9. The Balaban J connectivity index is 3.51. The van der Waals surface area contributed by atoms with E-state index in [0.29, 0.717) is 13.2 Å². The maximum absolute atomic E-state index is 8.86. The molecular weight excluding hydrogens is 142 g/mol. The normalized spacial score (nSPS) is 16.4. The predicted octanol–water partition coefficient (Wildman–Crippen LogP) is 0.369. The van der Waals surface area contributed by atoms with Gasteiger partial charge >= 0.3 is 0 Å². The summed E-state index contributed by atoms with van der Waals surface area (Å²) >= 11 is 0. The highest BCUT2D eigenvalue weighted by Gasteiger charge is 2.14. The third-order valence-electron chi connectivity index (χ3n) is 1.88. The van der Waals surface area contributed by atoms with E-state index in [1.807, 2.05) is 13.8 Å². The molecular formula is C8H19NO2. The van der Waals surface area contributed by atoms with E-state index >= 15 is 0 Å². The molecule has 0 radical (unpaired) electrons. The lowest BCUT2D eigenvalue weighted by Crippen LogP contribution is -2.36. The lowest BCUT2D eigenvalue weighted by atomic mass is 10.00. The van der Waals surface area contributed by atoms with Gasteiger partial charge in [0.15, 0.2) is 0 Å². The van der Waals surface area contributed by atoms with Crippen molar-refractivity contribution >= 4 is 0 Å². The van der Waals surface area contributed by atoms with Crippen molar-refractivity contribution in [1.29, 1.82) is 0 Å². The van der Waals surface area contributed by atoms with E-state index in [0.717, 1.165) is 6.42 Å². The number of rotatable bonds is 6. The van der Waals surface area contributed by atoms with Crippen molar-refractivity contribution in [3.05, 3.63) is 0 Å². The molecule has 0 saturated carbocycles. The van der Waals surface area contributed by atoms with Crippen LogP contribution < -0.4 is 5.73 Å². The van der Waals surface area contributed by atoms with Gasteiger partial charge < -0.3 is 15.6 Å². The third-order valence-corrected chi connectivity index (χ3v) is 1.88. The molecule has 0 bridgehead atoms. The zero-order valence-electron chi connectivity index (χ0n) is 7.42. The Morgan fingerprint density at radius 2 is 2.09 bits per heavy atom. The molecule has 0 heterocycles. The Labute approximate surface area is 68.5 Å². The van der Waals surface area contributed by atoms with E-state index in [1.54, 1.807) is 0 Å². The molecule has 0 aliphatic rings. The Morgan fingerprint density at radius 3 is 2.45 bits per heavy atom. The molecule has 0 amide bonds. The van der Waals surface area contributed by atoms with Crippen LogP contribution in [0.3, 0.4) is 0 Å². The lowest BCUT2D eigenvalue weighted by molar-refractivity contribution is 0.0966. The van der Waals surface area contributed by atoms with Crippen LogP contribution in [-0.2, 0) is 4.74 Å². The fourth-order valence-corrected chi connectivity index (χ4v) is 0.957. The molecule has 0 fully saturated rings. The van der Waals surface area contributed by atoms with E-state index in [-0.39, 0.29) is 18.6 Å². The van der Waals surface area contributed by atoms with Gasteiger partial charge in [0.1, 0.15) is 0 Å². The maximum Gasteiger partial charge on any atom is 0.0620 e. The summed E-state index contributed by atoms with van der Waals surface area (Å²) in [5, 5.41) is 8.86. The molecule has 0 aliphatic heterocycles. The molecule has 2 atom stereocenters. The summed E-state index contributed by atoms with van der Waals surface area (Å²) in [6, 6.07) is -0.0232. The van der Waals surface area contributed by atoms with Crippen LogP contribution in [0.15, 0.2) is 0 Å². The second kappa shape index (κ2) is 6.58. The van der Waals surface area contributed by atoms with E-state index in [4.69, 9.17) is 15.6 Å². The van der Waals surface area contributed by atoms with Gasteiger partial charge in [-0.1, -0.05) is 6.92 Å². The molecule has 3 N–H and O–H groups in total. The van der Waals surface area contributed by atoms with Crippen molar-refractivity contribution in [2.75, 3.05) is 19.8 Å². The van der Waals surface area contributed by atoms with Crippen LogP contribution in [0.25, 0.3) is 0 Å². The summed E-state index contributed by atoms with van der Waals surface area (Å²) < 4.78 is 5.14. The molecule has 0 aliphatic carbocycles. The van der Waals surface area contributed by atoms with Gasteiger partial charge in [-0.05, 0) is 19.3 Å². The second-order valence-corrected chi connectivity index (χ2v) is 2.67. The number of aliphatic hydroxyl groups is 1. The Kier molecular flexibility index (Phi) is 6.51. The lowest BCUT2D eigenvalue weighted by Gasteiger charge is -2.19. The third kappa shape index (κ3) is 4.35. The van der Waals surface area contributed by atoms with Crippen molar-refractivity contribution in [3.8, 4) is 0 Å². The van der Waals surface area contributed by atoms with E-state index in [9.17, 15) is 0 Å². The Morgan fingerprint density at radius 1 is 1.45 bits per heavy atom. The van der Waals surface area contributed by atoms with Gasteiger partial charge in [-0.2, -0.15) is 0 Å². The molecule has 0 spiro atoms. The van der Waals surface area contributed by atoms with Gasteiger partial charge in [0.05, 0.1) is 6.61 Å². The molecule has 0 aromatic carbocycles. The SMILES string of the molecule is CCOCC(N)C(CC)CO. The Hall–Kier alpha value is -0.120. The summed E-state index contributed by atoms with van der Waals surface area (Å²) in [6.45, 7) is 5.36. The summed E-state index contributed by atoms with van der Waals surface area (Å²) in [4.78, 5) is 0. The van der Waals surface area contributed by atoms with Crippen molar-refractivity contribution in [2.24, 2.45) is 11.7 Å². The first-order chi connectivity index (χ1) is 5.26. The van der Waals surface area contributed by atoms with Crippen molar-refractivity contribution in [2.45, 2.75) is 26.3 Å². The molecule has 68 valence electrons. The second-order valence-electron chi connectivity index (χ2n) is 2.67. The number of hydrogen-bond acceptors (Lipinski definition) is 3. The van der Waals surface area contributed by atoms with Gasteiger partial charge in [0.2, 0.25) is 0 Å². The average Bonchev–Trinajstić information content (AvgIpc) is 2.03. The van der Waals surface area contributed by atoms with Crippen molar-refractivity contribution in [3.63, 3.8) is 0 Å². The van der Waals surface area contributed by atoms with Gasteiger partial charge in [0.25, 0.3) is 0 Å². The molecule has 3 nitrogen and oxygen atoms in total. The Bertz CT molecular complexity index is 84.2. The summed E-state index contributed by atoms with van der Waals surface area (Å²) in [5.74, 6) is 0.182. The molecule has 11 heavy (non-hydrogen) atoms. The first-order valence-corrected chi connectivity index (χ1v) is 4.20. The fourth-order valence-electron chi connectivity index (χ4n) is 0.957. The molecule has 0 rings (SSSR count). The smallest absolute Gasteiger partial charge is 0.0620 e. The van der Waals surface area contributed by atoms with Crippen LogP contribution in [0.5, 0.6) is 0 Å². The molecule has 2 unspecified atom stereocenters. The minimum atomic E-state index is -0.0232. The van der Waals surface area contributed by atoms with E-state index in [2.05, 4.69) is 0 Å². The van der Waals surface area contributed by atoms with Gasteiger partial charge in [-0.25, -0.2) is 0 Å². The van der Waals surface area contributed by atoms with Crippen LogP contribution >= 0.6 is 0 Å². The topological polar surface area (TPSA) is 55.5 Å². The summed E-state index contributed by atoms with van der Waals surface area (Å²) in [5.41, 5.74) is 5.74. The van der Waals surface area contributed by atoms with Crippen molar-refractivity contribution in [1.82, 2.24) is 0 Å². The van der Waals surface area contributed by atoms with E-state index < -0.39 is 0 Å². The van der Waals surface area contributed by atoms with Gasteiger partial charge in [0, 0.05) is 19.3 Å². The van der Waals surface area contributed by atoms with Gasteiger partial charge in [-0.3, -0.25) is 0 Å².